The third kappa shape index (κ3) is 1.72. The number of carboxylic acids is 1. The Kier molecular flexibility index (Phi) is 2.41. The van der Waals surface area contributed by atoms with Gasteiger partial charge in [0.1, 0.15) is 0 Å². The quantitative estimate of drug-likeness (QED) is 0.848. The van der Waals surface area contributed by atoms with Gasteiger partial charge in [0.15, 0.2) is 0 Å². The Hall–Kier alpha value is -0.730. The molecule has 0 aromatic heterocycles. The topological polar surface area (TPSA) is 37.3 Å². The third-order valence-electron chi connectivity index (χ3n) is 2.47. The summed E-state index contributed by atoms with van der Waals surface area (Å²) in [5, 5.41) is 9.97. The summed E-state index contributed by atoms with van der Waals surface area (Å²) in [5.74, 6) is -1.00. The van der Waals surface area contributed by atoms with E-state index in [0.29, 0.717) is 16.5 Å². The Morgan fingerprint density at radius 1 is 1.43 bits per heavy atom. The van der Waals surface area contributed by atoms with Gasteiger partial charge < -0.3 is 5.11 Å². The van der Waals surface area contributed by atoms with Crippen LogP contribution in [0.4, 0.5) is 0 Å². The van der Waals surface area contributed by atoms with Crippen LogP contribution in [0.1, 0.15) is 17.9 Å². The predicted molar refractivity (Wildman–Crippen MR) is 54.9 cm³/mol. The molecule has 0 unspecified atom stereocenters. The van der Waals surface area contributed by atoms with Gasteiger partial charge in [0.25, 0.3) is 0 Å². The van der Waals surface area contributed by atoms with E-state index in [1.54, 1.807) is 18.2 Å². The van der Waals surface area contributed by atoms with Crippen LogP contribution in [-0.4, -0.2) is 11.1 Å². The second kappa shape index (κ2) is 3.44. The summed E-state index contributed by atoms with van der Waals surface area (Å²) in [5.41, 5.74) is 0.853. The van der Waals surface area contributed by atoms with E-state index in [0.717, 1.165) is 5.56 Å². The van der Waals surface area contributed by atoms with E-state index in [-0.39, 0.29) is 11.8 Å². The minimum absolute atomic E-state index is 0.0405. The molecule has 0 aliphatic heterocycles. The van der Waals surface area contributed by atoms with Gasteiger partial charge in [-0.25, -0.2) is 0 Å². The fraction of sp³-hybridized carbons (Fsp3) is 0.300. The standard InChI is InChI=1S/C10H8Cl2O2/c11-5-1-2-9(12)7(3-5)6-4-8(6)10(13)14/h1-3,6,8H,4H2,(H,13,14)/t6-,8+/m0/s1. The maximum Gasteiger partial charge on any atom is 0.307 e. The summed E-state index contributed by atoms with van der Waals surface area (Å²) in [7, 11) is 0. The van der Waals surface area contributed by atoms with Crippen molar-refractivity contribution < 1.29 is 9.90 Å². The number of aliphatic carboxylic acids is 1. The van der Waals surface area contributed by atoms with Gasteiger partial charge in [-0.05, 0) is 36.1 Å². The van der Waals surface area contributed by atoms with Crippen LogP contribution in [-0.2, 0) is 4.79 Å². The highest BCUT2D eigenvalue weighted by atomic mass is 35.5. The molecular formula is C10H8Cl2O2. The molecule has 1 aliphatic rings. The van der Waals surface area contributed by atoms with Gasteiger partial charge in [0, 0.05) is 10.0 Å². The van der Waals surface area contributed by atoms with E-state index in [2.05, 4.69) is 0 Å². The molecule has 2 atom stereocenters. The third-order valence-corrected chi connectivity index (χ3v) is 3.04. The lowest BCUT2D eigenvalue weighted by atomic mass is 10.1. The van der Waals surface area contributed by atoms with Gasteiger partial charge in [-0.1, -0.05) is 23.2 Å². The molecule has 1 aromatic carbocycles. The number of carboxylic acid groups (broad SMARTS) is 1. The first-order valence-electron chi connectivity index (χ1n) is 4.27. The Bertz CT molecular complexity index is 390. The molecule has 14 heavy (non-hydrogen) atoms. The van der Waals surface area contributed by atoms with Crippen LogP contribution in [0.5, 0.6) is 0 Å². The van der Waals surface area contributed by atoms with Crippen LogP contribution in [0.2, 0.25) is 10.0 Å². The van der Waals surface area contributed by atoms with E-state index in [1.165, 1.54) is 0 Å². The number of halogens is 2. The van der Waals surface area contributed by atoms with Gasteiger partial charge in [-0.2, -0.15) is 0 Å². The monoisotopic (exact) mass is 230 g/mol. The lowest BCUT2D eigenvalue weighted by molar-refractivity contribution is -0.138. The van der Waals surface area contributed by atoms with Crippen molar-refractivity contribution in [2.24, 2.45) is 5.92 Å². The van der Waals surface area contributed by atoms with Crippen molar-refractivity contribution in [3.8, 4) is 0 Å². The van der Waals surface area contributed by atoms with Gasteiger partial charge in [0.05, 0.1) is 5.92 Å². The molecule has 1 aromatic rings. The Morgan fingerprint density at radius 2 is 2.14 bits per heavy atom. The van der Waals surface area contributed by atoms with Crippen LogP contribution in [0.25, 0.3) is 0 Å². The molecule has 74 valence electrons. The van der Waals surface area contributed by atoms with Crippen LogP contribution in [0, 0.1) is 5.92 Å². The second-order valence-electron chi connectivity index (χ2n) is 3.45. The van der Waals surface area contributed by atoms with E-state index in [4.69, 9.17) is 28.3 Å². The molecule has 4 heteroatoms. The van der Waals surface area contributed by atoms with Crippen molar-refractivity contribution in [2.45, 2.75) is 12.3 Å². The van der Waals surface area contributed by atoms with E-state index < -0.39 is 5.97 Å². The van der Waals surface area contributed by atoms with Crippen molar-refractivity contribution in [2.75, 3.05) is 0 Å². The largest absolute Gasteiger partial charge is 0.481 e. The SMILES string of the molecule is O=C(O)[C@@H]1C[C@H]1c1cc(Cl)ccc1Cl. The van der Waals surface area contributed by atoms with E-state index in [9.17, 15) is 4.79 Å². The molecule has 2 nitrogen and oxygen atoms in total. The summed E-state index contributed by atoms with van der Waals surface area (Å²) in [6, 6.07) is 5.15. The predicted octanol–water partition coefficient (Wildman–Crippen LogP) is 3.18. The molecule has 0 amide bonds. The van der Waals surface area contributed by atoms with Crippen molar-refractivity contribution in [1.82, 2.24) is 0 Å². The molecule has 0 saturated heterocycles. The van der Waals surface area contributed by atoms with Crippen LogP contribution >= 0.6 is 23.2 Å². The zero-order valence-corrected chi connectivity index (χ0v) is 8.72. The van der Waals surface area contributed by atoms with Crippen LogP contribution in [0.15, 0.2) is 18.2 Å². The maximum absolute atomic E-state index is 10.7. The summed E-state index contributed by atoms with van der Waals surface area (Å²) >= 11 is 11.8. The van der Waals surface area contributed by atoms with Crippen molar-refractivity contribution >= 4 is 29.2 Å². The molecule has 1 aliphatic carbocycles. The molecular weight excluding hydrogens is 223 g/mol. The molecule has 1 fully saturated rings. The smallest absolute Gasteiger partial charge is 0.307 e. The second-order valence-corrected chi connectivity index (χ2v) is 4.30. The Balaban J connectivity index is 2.26. The number of hydrogen-bond acceptors (Lipinski definition) is 1. The van der Waals surface area contributed by atoms with E-state index in [1.807, 2.05) is 0 Å². The molecule has 0 bridgehead atoms. The van der Waals surface area contributed by atoms with Crippen molar-refractivity contribution in [1.29, 1.82) is 0 Å². The normalized spacial score (nSPS) is 24.7. The summed E-state index contributed by atoms with van der Waals surface area (Å²) in [6.45, 7) is 0. The summed E-state index contributed by atoms with van der Waals surface area (Å²) in [4.78, 5) is 10.7. The van der Waals surface area contributed by atoms with E-state index >= 15 is 0 Å². The number of benzene rings is 1. The lowest BCUT2D eigenvalue weighted by Crippen LogP contribution is -1.99. The Labute approximate surface area is 91.4 Å². The minimum Gasteiger partial charge on any atom is -0.481 e. The van der Waals surface area contributed by atoms with Crippen LogP contribution < -0.4 is 0 Å². The van der Waals surface area contributed by atoms with Gasteiger partial charge in [-0.15, -0.1) is 0 Å². The van der Waals surface area contributed by atoms with Crippen molar-refractivity contribution in [3.63, 3.8) is 0 Å². The summed E-state index contributed by atoms with van der Waals surface area (Å²) < 4.78 is 0. The molecule has 0 heterocycles. The molecule has 1 N–H and O–H groups in total. The first kappa shape index (κ1) is 9.81. The highest BCUT2D eigenvalue weighted by molar-refractivity contribution is 6.33. The van der Waals surface area contributed by atoms with Crippen LogP contribution in [0.3, 0.4) is 0 Å². The number of hydrogen-bond donors (Lipinski definition) is 1. The number of rotatable bonds is 2. The Morgan fingerprint density at radius 3 is 2.71 bits per heavy atom. The number of carbonyl (C=O) groups is 1. The minimum atomic E-state index is -0.758. The highest BCUT2D eigenvalue weighted by Gasteiger charge is 2.45. The molecule has 1 saturated carbocycles. The average Bonchev–Trinajstić information content (AvgIpc) is 2.88. The first-order valence-corrected chi connectivity index (χ1v) is 5.03. The zero-order valence-electron chi connectivity index (χ0n) is 7.21. The molecule has 0 spiro atoms. The average molecular weight is 231 g/mol. The lowest BCUT2D eigenvalue weighted by Gasteiger charge is -2.02. The van der Waals surface area contributed by atoms with Gasteiger partial charge >= 0.3 is 5.97 Å². The first-order chi connectivity index (χ1) is 6.59. The fourth-order valence-corrected chi connectivity index (χ4v) is 2.05. The maximum atomic E-state index is 10.7. The zero-order chi connectivity index (χ0) is 10.3. The fourth-order valence-electron chi connectivity index (χ4n) is 1.61. The van der Waals surface area contributed by atoms with Crippen molar-refractivity contribution in [3.05, 3.63) is 33.8 Å². The summed E-state index contributed by atoms with van der Waals surface area (Å²) in [6.07, 6.45) is 0.662. The van der Waals surface area contributed by atoms with Gasteiger partial charge in [-0.3, -0.25) is 4.79 Å². The highest BCUT2D eigenvalue weighted by Crippen LogP contribution is 2.50. The molecule has 2 rings (SSSR count). The molecule has 0 radical (unpaired) electrons. The van der Waals surface area contributed by atoms with Gasteiger partial charge in [0.2, 0.25) is 0 Å².